The fourth-order valence-electron chi connectivity index (χ4n) is 4.05. The van der Waals surface area contributed by atoms with Crippen LogP contribution in [-0.2, 0) is 6.61 Å². The highest BCUT2D eigenvalue weighted by atomic mass is 32.1. The SMILES string of the molecule is Cc1cccc2c1-c1sc(C(=O)N3C[C@H](C)C[C@H](C)C3)cc1CO2. The van der Waals surface area contributed by atoms with Crippen LogP contribution in [0.25, 0.3) is 10.4 Å². The lowest BCUT2D eigenvalue weighted by molar-refractivity contribution is 0.0628. The molecule has 0 saturated carbocycles. The first-order chi connectivity index (χ1) is 11.5. The Balaban J connectivity index is 1.68. The predicted molar refractivity (Wildman–Crippen MR) is 97.7 cm³/mol. The van der Waals surface area contributed by atoms with Crippen LogP contribution in [0.1, 0.15) is 41.1 Å². The fourth-order valence-corrected chi connectivity index (χ4v) is 5.30. The van der Waals surface area contributed by atoms with Crippen LogP contribution in [0.5, 0.6) is 5.75 Å². The van der Waals surface area contributed by atoms with Crippen molar-refractivity contribution in [2.24, 2.45) is 11.8 Å². The average Bonchev–Trinajstić information content (AvgIpc) is 2.97. The second-order valence-electron chi connectivity index (χ2n) is 7.36. The number of likely N-dealkylation sites (tertiary alicyclic amines) is 1. The summed E-state index contributed by atoms with van der Waals surface area (Å²) >= 11 is 1.63. The summed E-state index contributed by atoms with van der Waals surface area (Å²) in [6, 6.07) is 8.18. The van der Waals surface area contributed by atoms with Gasteiger partial charge >= 0.3 is 0 Å². The summed E-state index contributed by atoms with van der Waals surface area (Å²) in [6.07, 6.45) is 1.21. The molecular formula is C20H23NO2S. The van der Waals surface area contributed by atoms with Crippen molar-refractivity contribution in [2.75, 3.05) is 13.1 Å². The van der Waals surface area contributed by atoms with Gasteiger partial charge in [0.2, 0.25) is 0 Å². The molecule has 2 atom stereocenters. The van der Waals surface area contributed by atoms with Crippen LogP contribution in [0, 0.1) is 18.8 Å². The molecule has 126 valence electrons. The molecular weight excluding hydrogens is 318 g/mol. The number of hydrogen-bond donors (Lipinski definition) is 0. The molecule has 1 aromatic carbocycles. The molecule has 0 spiro atoms. The highest BCUT2D eigenvalue weighted by Crippen LogP contribution is 2.44. The number of carbonyl (C=O) groups excluding carboxylic acids is 1. The van der Waals surface area contributed by atoms with Gasteiger partial charge in [-0.2, -0.15) is 0 Å². The van der Waals surface area contributed by atoms with E-state index in [2.05, 4.69) is 26.8 Å². The molecule has 1 amide bonds. The first-order valence-electron chi connectivity index (χ1n) is 8.67. The molecule has 4 heteroatoms. The second-order valence-corrected chi connectivity index (χ2v) is 8.41. The molecule has 0 N–H and O–H groups in total. The first kappa shape index (κ1) is 15.7. The van der Waals surface area contributed by atoms with Gasteiger partial charge < -0.3 is 9.64 Å². The minimum Gasteiger partial charge on any atom is -0.488 e. The van der Waals surface area contributed by atoms with E-state index >= 15 is 0 Å². The van der Waals surface area contributed by atoms with Crippen molar-refractivity contribution in [3.63, 3.8) is 0 Å². The van der Waals surface area contributed by atoms with Crippen molar-refractivity contribution in [2.45, 2.75) is 33.8 Å². The Morgan fingerprint density at radius 3 is 2.75 bits per heavy atom. The maximum Gasteiger partial charge on any atom is 0.263 e. The Morgan fingerprint density at radius 1 is 1.25 bits per heavy atom. The first-order valence-corrected chi connectivity index (χ1v) is 9.49. The molecule has 2 aromatic rings. The minimum absolute atomic E-state index is 0.183. The van der Waals surface area contributed by atoms with Crippen LogP contribution in [0.3, 0.4) is 0 Å². The van der Waals surface area contributed by atoms with E-state index < -0.39 is 0 Å². The Hall–Kier alpha value is -1.81. The van der Waals surface area contributed by atoms with Gasteiger partial charge in [-0.05, 0) is 42.9 Å². The summed E-state index contributed by atoms with van der Waals surface area (Å²) in [5, 5.41) is 0. The Bertz CT molecular complexity index is 785. The molecule has 1 fully saturated rings. The van der Waals surface area contributed by atoms with Crippen LogP contribution >= 0.6 is 11.3 Å². The lowest BCUT2D eigenvalue weighted by Crippen LogP contribution is -2.42. The molecule has 3 nitrogen and oxygen atoms in total. The summed E-state index contributed by atoms with van der Waals surface area (Å²) in [6.45, 7) is 8.89. The van der Waals surface area contributed by atoms with Crippen LogP contribution in [0.2, 0.25) is 0 Å². The monoisotopic (exact) mass is 341 g/mol. The zero-order valence-corrected chi connectivity index (χ0v) is 15.3. The average molecular weight is 341 g/mol. The molecule has 0 bridgehead atoms. The van der Waals surface area contributed by atoms with Crippen molar-refractivity contribution in [3.05, 3.63) is 40.3 Å². The number of benzene rings is 1. The minimum atomic E-state index is 0.183. The van der Waals surface area contributed by atoms with Gasteiger partial charge in [0, 0.05) is 29.1 Å². The van der Waals surface area contributed by atoms with Crippen molar-refractivity contribution in [3.8, 4) is 16.2 Å². The van der Waals surface area contributed by atoms with E-state index in [0.29, 0.717) is 18.4 Å². The number of hydrogen-bond acceptors (Lipinski definition) is 3. The van der Waals surface area contributed by atoms with Crippen molar-refractivity contribution in [1.82, 2.24) is 4.90 Å². The Labute approximate surface area is 147 Å². The van der Waals surface area contributed by atoms with Crippen molar-refractivity contribution in [1.29, 1.82) is 0 Å². The zero-order valence-electron chi connectivity index (χ0n) is 14.5. The number of amides is 1. The second kappa shape index (κ2) is 5.92. The number of thiophene rings is 1. The summed E-state index contributed by atoms with van der Waals surface area (Å²) in [5.41, 5.74) is 3.50. The van der Waals surface area contributed by atoms with E-state index in [-0.39, 0.29) is 5.91 Å². The molecule has 4 rings (SSSR count). The number of rotatable bonds is 1. The maximum absolute atomic E-state index is 13.0. The van der Waals surface area contributed by atoms with Crippen LogP contribution in [-0.4, -0.2) is 23.9 Å². The summed E-state index contributed by atoms with van der Waals surface area (Å²) in [4.78, 5) is 17.1. The number of carbonyl (C=O) groups is 1. The largest absolute Gasteiger partial charge is 0.488 e. The molecule has 1 saturated heterocycles. The van der Waals surface area contributed by atoms with Crippen molar-refractivity contribution < 1.29 is 9.53 Å². The number of piperidine rings is 1. The smallest absolute Gasteiger partial charge is 0.263 e. The standard InChI is InChI=1S/C20H23NO2S/c1-12-7-13(2)10-21(9-12)20(22)17-8-15-11-23-16-6-4-5-14(3)18(16)19(15)24-17/h4-6,8,12-13H,7,9-11H2,1-3H3/t12-,13+. The fraction of sp³-hybridized carbons (Fsp3) is 0.450. The molecule has 3 heterocycles. The van der Waals surface area contributed by atoms with Gasteiger partial charge in [0.25, 0.3) is 5.91 Å². The maximum atomic E-state index is 13.0. The van der Waals surface area contributed by atoms with Gasteiger partial charge in [-0.25, -0.2) is 0 Å². The third kappa shape index (κ3) is 2.63. The molecule has 1 aromatic heterocycles. The number of aryl methyl sites for hydroxylation is 1. The normalized spacial score (nSPS) is 22.5. The zero-order chi connectivity index (χ0) is 16.8. The van der Waals surface area contributed by atoms with Gasteiger partial charge in [-0.1, -0.05) is 26.0 Å². The quantitative estimate of drug-likeness (QED) is 0.750. The summed E-state index contributed by atoms with van der Waals surface area (Å²) in [5.74, 6) is 2.28. The predicted octanol–water partition coefficient (Wildman–Crippen LogP) is 4.73. The van der Waals surface area contributed by atoms with Gasteiger partial charge in [-0.3, -0.25) is 4.79 Å². The van der Waals surface area contributed by atoms with Gasteiger partial charge in [0.05, 0.1) is 4.88 Å². The Kier molecular flexibility index (Phi) is 3.87. The van der Waals surface area contributed by atoms with Crippen LogP contribution < -0.4 is 4.74 Å². The summed E-state index contributed by atoms with van der Waals surface area (Å²) < 4.78 is 5.89. The lowest BCUT2D eigenvalue weighted by atomic mass is 9.92. The van der Waals surface area contributed by atoms with E-state index in [1.165, 1.54) is 16.9 Å². The third-order valence-electron chi connectivity index (χ3n) is 5.02. The molecule has 0 radical (unpaired) electrons. The topological polar surface area (TPSA) is 29.5 Å². The van der Waals surface area contributed by atoms with E-state index in [1.54, 1.807) is 11.3 Å². The molecule has 2 aliphatic heterocycles. The highest BCUT2D eigenvalue weighted by Gasteiger charge is 2.29. The van der Waals surface area contributed by atoms with E-state index in [0.717, 1.165) is 34.8 Å². The number of ether oxygens (including phenoxy) is 1. The molecule has 2 aliphatic rings. The number of nitrogens with zero attached hydrogens (tertiary/aromatic N) is 1. The molecule has 0 unspecified atom stereocenters. The highest BCUT2D eigenvalue weighted by molar-refractivity contribution is 7.17. The van der Waals surface area contributed by atoms with Crippen LogP contribution in [0.4, 0.5) is 0 Å². The van der Waals surface area contributed by atoms with Gasteiger partial charge in [0.1, 0.15) is 12.4 Å². The van der Waals surface area contributed by atoms with Gasteiger partial charge in [0.15, 0.2) is 0 Å². The lowest BCUT2D eigenvalue weighted by Gasteiger charge is -2.34. The van der Waals surface area contributed by atoms with Gasteiger partial charge in [-0.15, -0.1) is 11.3 Å². The van der Waals surface area contributed by atoms with E-state index in [4.69, 9.17) is 4.74 Å². The number of fused-ring (bicyclic) bond motifs is 3. The Morgan fingerprint density at radius 2 is 2.00 bits per heavy atom. The summed E-state index contributed by atoms with van der Waals surface area (Å²) in [7, 11) is 0. The van der Waals surface area contributed by atoms with E-state index in [9.17, 15) is 4.79 Å². The molecule has 24 heavy (non-hydrogen) atoms. The van der Waals surface area contributed by atoms with Crippen molar-refractivity contribution >= 4 is 17.2 Å². The molecule has 0 aliphatic carbocycles. The van der Waals surface area contributed by atoms with E-state index in [1.807, 2.05) is 23.1 Å². The third-order valence-corrected chi connectivity index (χ3v) is 6.20. The van der Waals surface area contributed by atoms with Crippen LogP contribution in [0.15, 0.2) is 24.3 Å².